The van der Waals surface area contributed by atoms with Crippen LogP contribution in [0.3, 0.4) is 0 Å². The number of hydrogen-bond acceptors (Lipinski definition) is 1. The summed E-state index contributed by atoms with van der Waals surface area (Å²) in [6, 6.07) is 4.49. The number of rotatable bonds is 0. The van der Waals surface area contributed by atoms with Crippen LogP contribution in [0.4, 0.5) is 0 Å². The van der Waals surface area contributed by atoms with E-state index < -0.39 is 0 Å². The molecule has 0 spiro atoms. The summed E-state index contributed by atoms with van der Waals surface area (Å²) in [5.74, 6) is 6.03. The first kappa shape index (κ1) is 12.7. The fourth-order valence-corrected chi connectivity index (χ4v) is 6.79. The number of aromatic nitrogens is 1. The molecule has 0 aromatic carbocycles. The zero-order valence-corrected chi connectivity index (χ0v) is 13.0. The molecule has 4 aliphatic carbocycles. The van der Waals surface area contributed by atoms with Crippen LogP contribution in [0, 0.1) is 29.6 Å². The first-order chi connectivity index (χ1) is 10.4. The van der Waals surface area contributed by atoms with Crippen LogP contribution in [0.5, 0.6) is 0 Å². The number of nitrogens with zero attached hydrogens (tertiary/aromatic N) is 1. The Labute approximate surface area is 128 Å². The molecule has 1 heterocycles. The van der Waals surface area contributed by atoms with E-state index >= 15 is 0 Å². The third-order valence-electron chi connectivity index (χ3n) is 7.55. The monoisotopic (exact) mass is 281 g/mol. The van der Waals surface area contributed by atoms with Crippen molar-refractivity contribution in [3.8, 4) is 0 Å². The largest absolute Gasteiger partial charge is 0.261 e. The van der Waals surface area contributed by atoms with E-state index in [-0.39, 0.29) is 0 Å². The molecule has 0 bridgehead atoms. The Bertz CT molecular complexity index is 536. The van der Waals surface area contributed by atoms with Gasteiger partial charge in [-0.25, -0.2) is 0 Å². The third kappa shape index (κ3) is 1.85. The minimum Gasteiger partial charge on any atom is -0.261 e. The van der Waals surface area contributed by atoms with E-state index in [9.17, 15) is 0 Å². The highest BCUT2D eigenvalue weighted by atomic mass is 14.7. The summed E-state index contributed by atoms with van der Waals surface area (Å²) in [6.07, 6.45) is 15.5. The van der Waals surface area contributed by atoms with Crippen LogP contribution in [0.25, 0.3) is 0 Å². The fraction of sp³-hybridized carbons (Fsp3) is 0.750. The van der Waals surface area contributed by atoms with Gasteiger partial charge in [0, 0.05) is 17.8 Å². The molecule has 0 saturated heterocycles. The Morgan fingerprint density at radius 2 is 1.67 bits per heavy atom. The Morgan fingerprint density at radius 1 is 0.810 bits per heavy atom. The van der Waals surface area contributed by atoms with Gasteiger partial charge in [0.1, 0.15) is 0 Å². The average molecular weight is 281 g/mol. The van der Waals surface area contributed by atoms with E-state index in [2.05, 4.69) is 12.1 Å². The molecule has 5 rings (SSSR count). The lowest BCUT2D eigenvalue weighted by Crippen LogP contribution is -2.43. The van der Waals surface area contributed by atoms with Crippen LogP contribution in [-0.4, -0.2) is 4.98 Å². The van der Waals surface area contributed by atoms with Crippen molar-refractivity contribution in [1.29, 1.82) is 0 Å². The van der Waals surface area contributed by atoms with Gasteiger partial charge in [-0.15, -0.1) is 0 Å². The molecular formula is C20H27N. The van der Waals surface area contributed by atoms with Gasteiger partial charge in [0.05, 0.1) is 0 Å². The SMILES string of the molecule is c1cnc2c(c1)CC1C2CCC2C3CCCCC3CCC12. The van der Waals surface area contributed by atoms with Gasteiger partial charge in [-0.3, -0.25) is 4.98 Å². The van der Waals surface area contributed by atoms with E-state index in [0.29, 0.717) is 0 Å². The molecule has 1 aromatic rings. The van der Waals surface area contributed by atoms with Gasteiger partial charge in [0.15, 0.2) is 0 Å². The Hall–Kier alpha value is -0.850. The summed E-state index contributed by atoms with van der Waals surface area (Å²) < 4.78 is 0. The number of hydrogen-bond donors (Lipinski definition) is 0. The van der Waals surface area contributed by atoms with Crippen molar-refractivity contribution in [2.24, 2.45) is 29.6 Å². The van der Waals surface area contributed by atoms with Crippen molar-refractivity contribution < 1.29 is 0 Å². The van der Waals surface area contributed by atoms with Crippen LogP contribution < -0.4 is 0 Å². The number of pyridine rings is 1. The lowest BCUT2D eigenvalue weighted by atomic mass is 9.54. The predicted octanol–water partition coefficient (Wildman–Crippen LogP) is 4.96. The quantitative estimate of drug-likeness (QED) is 0.654. The molecule has 4 aliphatic rings. The van der Waals surface area contributed by atoms with Crippen molar-refractivity contribution in [3.63, 3.8) is 0 Å². The molecule has 112 valence electrons. The third-order valence-corrected chi connectivity index (χ3v) is 7.55. The van der Waals surface area contributed by atoms with Gasteiger partial charge < -0.3 is 0 Å². The van der Waals surface area contributed by atoms with Crippen LogP contribution >= 0.6 is 0 Å². The highest BCUT2D eigenvalue weighted by molar-refractivity contribution is 5.31. The van der Waals surface area contributed by atoms with Crippen LogP contribution in [0.2, 0.25) is 0 Å². The van der Waals surface area contributed by atoms with Crippen molar-refractivity contribution >= 4 is 0 Å². The Morgan fingerprint density at radius 3 is 2.67 bits per heavy atom. The second kappa shape index (κ2) is 4.83. The highest BCUT2D eigenvalue weighted by Gasteiger charge is 2.50. The van der Waals surface area contributed by atoms with Crippen molar-refractivity contribution in [1.82, 2.24) is 4.98 Å². The van der Waals surface area contributed by atoms with Crippen LogP contribution in [-0.2, 0) is 6.42 Å². The lowest BCUT2D eigenvalue weighted by molar-refractivity contribution is -0.00845. The van der Waals surface area contributed by atoms with E-state index in [1.807, 2.05) is 6.20 Å². The normalized spacial score (nSPS) is 44.4. The van der Waals surface area contributed by atoms with Crippen molar-refractivity contribution in [3.05, 3.63) is 29.6 Å². The van der Waals surface area contributed by atoms with Crippen LogP contribution in [0.15, 0.2) is 18.3 Å². The summed E-state index contributed by atoms with van der Waals surface area (Å²) >= 11 is 0. The number of fused-ring (bicyclic) bond motifs is 7. The molecule has 1 aromatic heterocycles. The summed E-state index contributed by atoms with van der Waals surface area (Å²) in [7, 11) is 0. The Balaban J connectivity index is 1.44. The molecule has 21 heavy (non-hydrogen) atoms. The zero-order valence-electron chi connectivity index (χ0n) is 13.0. The molecule has 3 fully saturated rings. The molecule has 1 nitrogen and oxygen atoms in total. The fourth-order valence-electron chi connectivity index (χ4n) is 6.79. The average Bonchev–Trinajstić information content (AvgIpc) is 2.93. The van der Waals surface area contributed by atoms with Gasteiger partial charge in [-0.1, -0.05) is 25.3 Å². The minimum atomic E-state index is 0.808. The first-order valence-electron chi connectivity index (χ1n) is 9.35. The molecule has 1 heteroatoms. The van der Waals surface area contributed by atoms with E-state index in [4.69, 9.17) is 4.98 Å². The smallest absolute Gasteiger partial charge is 0.0469 e. The maximum absolute atomic E-state index is 4.76. The molecule has 0 N–H and O–H groups in total. The molecular weight excluding hydrogens is 254 g/mol. The second-order valence-electron chi connectivity index (χ2n) is 8.21. The Kier molecular flexibility index (Phi) is 2.91. The maximum Gasteiger partial charge on any atom is 0.0469 e. The van der Waals surface area contributed by atoms with E-state index in [0.717, 1.165) is 35.5 Å². The first-order valence-corrected chi connectivity index (χ1v) is 9.35. The van der Waals surface area contributed by atoms with Gasteiger partial charge in [0.2, 0.25) is 0 Å². The van der Waals surface area contributed by atoms with Crippen molar-refractivity contribution in [2.45, 2.75) is 63.7 Å². The standard InChI is InChI=1S/C20H27N/c1-2-6-15-13(4-1)7-8-17-16(15)9-10-18-19(17)12-14-5-3-11-21-20(14)18/h3,5,11,13,15-19H,1-2,4,6-10,12H2. The topological polar surface area (TPSA) is 12.9 Å². The summed E-state index contributed by atoms with van der Waals surface area (Å²) in [4.78, 5) is 4.76. The molecule has 0 radical (unpaired) electrons. The summed E-state index contributed by atoms with van der Waals surface area (Å²) in [5.41, 5.74) is 3.06. The zero-order chi connectivity index (χ0) is 13.8. The van der Waals surface area contributed by atoms with Gasteiger partial charge in [0.25, 0.3) is 0 Å². The van der Waals surface area contributed by atoms with Gasteiger partial charge in [-0.2, -0.15) is 0 Å². The highest BCUT2D eigenvalue weighted by Crippen LogP contribution is 2.58. The summed E-state index contributed by atoms with van der Waals surface area (Å²) in [6.45, 7) is 0. The van der Waals surface area contributed by atoms with Gasteiger partial charge >= 0.3 is 0 Å². The second-order valence-corrected chi connectivity index (χ2v) is 8.21. The molecule has 0 amide bonds. The van der Waals surface area contributed by atoms with Gasteiger partial charge in [-0.05, 0) is 79.7 Å². The van der Waals surface area contributed by atoms with E-state index in [1.165, 1.54) is 44.2 Å². The maximum atomic E-state index is 4.76. The minimum absolute atomic E-state index is 0.808. The predicted molar refractivity (Wildman–Crippen MR) is 85.1 cm³/mol. The van der Waals surface area contributed by atoms with Crippen LogP contribution in [0.1, 0.15) is 68.5 Å². The molecule has 6 atom stereocenters. The van der Waals surface area contributed by atoms with E-state index in [1.54, 1.807) is 24.8 Å². The van der Waals surface area contributed by atoms with Crippen molar-refractivity contribution in [2.75, 3.05) is 0 Å². The lowest BCUT2D eigenvalue weighted by Gasteiger charge is -2.51. The molecule has 0 aliphatic heterocycles. The summed E-state index contributed by atoms with van der Waals surface area (Å²) in [5, 5.41) is 0. The molecule has 3 saturated carbocycles. The molecule has 6 unspecified atom stereocenters.